The molecule has 0 aromatic heterocycles. The molecule has 0 spiro atoms. The van der Waals surface area contributed by atoms with Crippen LogP contribution in [0.15, 0.2) is 65.6 Å². The van der Waals surface area contributed by atoms with Crippen molar-refractivity contribution in [1.29, 1.82) is 0 Å². The van der Waals surface area contributed by atoms with E-state index in [1.807, 2.05) is 6.08 Å². The van der Waals surface area contributed by atoms with Gasteiger partial charge in [0.05, 0.1) is 0 Å². The molecule has 98 valence electrons. The monoisotopic (exact) mass is 322 g/mol. The number of aryl methyl sites for hydroxylation is 1. The first-order chi connectivity index (χ1) is 9.72. The number of rotatable bonds is 2. The Morgan fingerprint density at radius 3 is 2.40 bits per heavy atom. The van der Waals surface area contributed by atoms with Gasteiger partial charge >= 0.3 is 0 Å². The first-order valence-electron chi connectivity index (χ1n) is 6.62. The molecule has 0 aliphatic rings. The van der Waals surface area contributed by atoms with Crippen molar-refractivity contribution in [2.45, 2.75) is 6.92 Å². The van der Waals surface area contributed by atoms with Crippen LogP contribution in [-0.4, -0.2) is 0 Å². The summed E-state index contributed by atoms with van der Waals surface area (Å²) >= 11 is 3.74. The molecule has 0 saturated heterocycles. The van der Waals surface area contributed by atoms with E-state index in [9.17, 15) is 0 Å². The molecule has 3 aromatic carbocycles. The van der Waals surface area contributed by atoms with Gasteiger partial charge in [-0.05, 0) is 61.9 Å². The van der Waals surface area contributed by atoms with Crippen molar-refractivity contribution >= 4 is 32.8 Å². The van der Waals surface area contributed by atoms with Gasteiger partial charge in [-0.15, -0.1) is 0 Å². The van der Waals surface area contributed by atoms with E-state index in [0.717, 1.165) is 10.0 Å². The Kier molecular flexibility index (Phi) is 3.45. The summed E-state index contributed by atoms with van der Waals surface area (Å²) < 4.78 is 1.11. The van der Waals surface area contributed by atoms with E-state index in [1.54, 1.807) is 0 Å². The lowest BCUT2D eigenvalue weighted by molar-refractivity contribution is 1.45. The van der Waals surface area contributed by atoms with Crippen LogP contribution in [0.25, 0.3) is 28.0 Å². The second-order valence-corrected chi connectivity index (χ2v) is 5.68. The van der Waals surface area contributed by atoms with Crippen LogP contribution in [0.1, 0.15) is 11.1 Å². The number of hydrogen-bond donors (Lipinski definition) is 0. The van der Waals surface area contributed by atoms with Gasteiger partial charge < -0.3 is 0 Å². The summed E-state index contributed by atoms with van der Waals surface area (Å²) in [5.74, 6) is 0. The Balaban J connectivity index is 2.41. The summed E-state index contributed by atoms with van der Waals surface area (Å²) in [5, 5.41) is 2.46. The van der Waals surface area contributed by atoms with Gasteiger partial charge in [-0.3, -0.25) is 0 Å². The Labute approximate surface area is 127 Å². The minimum absolute atomic E-state index is 1.11. The molecule has 0 bridgehead atoms. The van der Waals surface area contributed by atoms with Crippen LogP contribution in [0.3, 0.4) is 0 Å². The third-order valence-corrected chi connectivity index (χ3v) is 4.52. The van der Waals surface area contributed by atoms with Gasteiger partial charge in [0.15, 0.2) is 0 Å². The summed E-state index contributed by atoms with van der Waals surface area (Å²) in [6.07, 6.45) is 1.93. The highest BCUT2D eigenvalue weighted by Gasteiger charge is 2.11. The maximum atomic E-state index is 3.98. The molecule has 0 nitrogen and oxygen atoms in total. The van der Waals surface area contributed by atoms with Crippen molar-refractivity contribution in [3.05, 3.63) is 76.8 Å². The summed E-state index contributed by atoms with van der Waals surface area (Å²) in [5.41, 5.74) is 4.91. The molecule has 20 heavy (non-hydrogen) atoms. The van der Waals surface area contributed by atoms with Crippen molar-refractivity contribution in [3.63, 3.8) is 0 Å². The van der Waals surface area contributed by atoms with Crippen molar-refractivity contribution in [2.75, 3.05) is 0 Å². The van der Waals surface area contributed by atoms with Crippen LogP contribution in [0, 0.1) is 6.92 Å². The molecule has 1 heteroatoms. The van der Waals surface area contributed by atoms with E-state index in [2.05, 4.69) is 84.0 Å². The normalized spacial score (nSPS) is 10.7. The van der Waals surface area contributed by atoms with E-state index in [-0.39, 0.29) is 0 Å². The van der Waals surface area contributed by atoms with Gasteiger partial charge in [-0.2, -0.15) is 0 Å². The summed E-state index contributed by atoms with van der Waals surface area (Å²) in [4.78, 5) is 0. The van der Waals surface area contributed by atoms with Crippen molar-refractivity contribution in [3.8, 4) is 11.1 Å². The third kappa shape index (κ3) is 2.08. The summed E-state index contributed by atoms with van der Waals surface area (Å²) in [7, 11) is 0. The molecule has 0 saturated carbocycles. The number of hydrogen-bond acceptors (Lipinski definition) is 0. The number of fused-ring (bicyclic) bond motifs is 1. The fourth-order valence-electron chi connectivity index (χ4n) is 2.62. The van der Waals surface area contributed by atoms with Crippen molar-refractivity contribution in [2.24, 2.45) is 0 Å². The van der Waals surface area contributed by atoms with Crippen LogP contribution in [-0.2, 0) is 0 Å². The van der Waals surface area contributed by atoms with Gasteiger partial charge in [0.2, 0.25) is 0 Å². The average molecular weight is 323 g/mol. The molecule has 0 N–H and O–H groups in total. The fraction of sp³-hybridized carbons (Fsp3) is 0.0526. The highest BCUT2D eigenvalue weighted by Crippen LogP contribution is 2.37. The highest BCUT2D eigenvalue weighted by atomic mass is 79.9. The zero-order valence-electron chi connectivity index (χ0n) is 11.4. The Morgan fingerprint density at radius 2 is 1.65 bits per heavy atom. The maximum absolute atomic E-state index is 3.98. The predicted molar refractivity (Wildman–Crippen MR) is 91.9 cm³/mol. The SMILES string of the molecule is C=Cc1c(-c2ccccc2C)cc2ccccc2c1Br. The fourth-order valence-corrected chi connectivity index (χ4v) is 3.35. The third-order valence-electron chi connectivity index (χ3n) is 3.66. The van der Waals surface area contributed by atoms with Crippen LogP contribution in [0.5, 0.6) is 0 Å². The smallest absolute Gasteiger partial charge is 0.0332 e. The van der Waals surface area contributed by atoms with Gasteiger partial charge in [0.25, 0.3) is 0 Å². The molecule has 0 radical (unpaired) electrons. The zero-order valence-corrected chi connectivity index (χ0v) is 12.9. The minimum Gasteiger partial charge on any atom is -0.0984 e. The Morgan fingerprint density at radius 1 is 0.950 bits per heavy atom. The second-order valence-electron chi connectivity index (χ2n) is 4.89. The quantitative estimate of drug-likeness (QED) is 0.525. The van der Waals surface area contributed by atoms with Crippen molar-refractivity contribution in [1.82, 2.24) is 0 Å². The lowest BCUT2D eigenvalue weighted by Gasteiger charge is -2.14. The highest BCUT2D eigenvalue weighted by molar-refractivity contribution is 9.10. The van der Waals surface area contributed by atoms with E-state index in [0.29, 0.717) is 0 Å². The average Bonchev–Trinajstić information content (AvgIpc) is 2.48. The minimum atomic E-state index is 1.11. The molecule has 0 atom stereocenters. The molecule has 0 heterocycles. The van der Waals surface area contributed by atoms with Gasteiger partial charge in [0, 0.05) is 4.47 Å². The van der Waals surface area contributed by atoms with E-state index in [1.165, 1.54) is 27.5 Å². The molecular formula is C19H15Br. The number of halogens is 1. The molecular weight excluding hydrogens is 308 g/mol. The molecule has 0 aliphatic carbocycles. The van der Waals surface area contributed by atoms with Crippen LogP contribution in [0.2, 0.25) is 0 Å². The van der Waals surface area contributed by atoms with E-state index >= 15 is 0 Å². The molecule has 0 unspecified atom stereocenters. The van der Waals surface area contributed by atoms with Gasteiger partial charge in [-0.1, -0.05) is 61.2 Å². The lowest BCUT2D eigenvalue weighted by atomic mass is 9.93. The van der Waals surface area contributed by atoms with Gasteiger partial charge in [-0.25, -0.2) is 0 Å². The van der Waals surface area contributed by atoms with E-state index in [4.69, 9.17) is 0 Å². The molecule has 3 aromatic rings. The van der Waals surface area contributed by atoms with E-state index < -0.39 is 0 Å². The summed E-state index contributed by atoms with van der Waals surface area (Å²) in [6, 6.07) is 19.1. The van der Waals surface area contributed by atoms with Crippen LogP contribution < -0.4 is 0 Å². The lowest BCUT2D eigenvalue weighted by Crippen LogP contribution is -1.89. The first-order valence-corrected chi connectivity index (χ1v) is 7.41. The maximum Gasteiger partial charge on any atom is 0.0332 e. The first kappa shape index (κ1) is 13.1. The van der Waals surface area contributed by atoms with Crippen LogP contribution >= 0.6 is 15.9 Å². The molecule has 3 rings (SSSR count). The zero-order chi connectivity index (χ0) is 14.1. The molecule has 0 fully saturated rings. The largest absolute Gasteiger partial charge is 0.0984 e. The number of benzene rings is 3. The topological polar surface area (TPSA) is 0 Å². The summed E-state index contributed by atoms with van der Waals surface area (Å²) in [6.45, 7) is 6.13. The van der Waals surface area contributed by atoms with Crippen molar-refractivity contribution < 1.29 is 0 Å². The predicted octanol–water partition coefficient (Wildman–Crippen LogP) is 6.22. The van der Waals surface area contributed by atoms with Crippen LogP contribution in [0.4, 0.5) is 0 Å². The van der Waals surface area contributed by atoms with Gasteiger partial charge in [0.1, 0.15) is 0 Å². The standard InChI is InChI=1S/C19H15Br/c1-3-15-18(16-10-6-4-8-13(16)2)12-14-9-5-7-11-17(14)19(15)20/h3-12H,1H2,2H3. The Bertz CT molecular complexity index is 800. The molecule has 0 amide bonds. The molecule has 0 aliphatic heterocycles. The Hall–Kier alpha value is -1.86. The second kappa shape index (κ2) is 5.26.